The van der Waals surface area contributed by atoms with Crippen molar-refractivity contribution >= 4 is 28.2 Å². The molecule has 0 aliphatic carbocycles. The van der Waals surface area contributed by atoms with Crippen molar-refractivity contribution in [2.24, 2.45) is 0 Å². The van der Waals surface area contributed by atoms with Gasteiger partial charge in [-0.1, -0.05) is 59.9 Å². The number of thiazole rings is 1. The largest absolute Gasteiger partial charge is 0.375 e. The van der Waals surface area contributed by atoms with E-state index < -0.39 is 0 Å². The number of nitrogens with two attached hydrogens (primary N) is 1. The number of anilines is 2. The fourth-order valence-electron chi connectivity index (χ4n) is 1.98. The fourth-order valence-corrected chi connectivity index (χ4v) is 2.77. The highest BCUT2D eigenvalue weighted by Crippen LogP contribution is 2.35. The molecule has 0 unspecified atom stereocenters. The maximum Gasteiger partial charge on any atom is 0.256 e. The predicted molar refractivity (Wildman–Crippen MR) is 86.4 cm³/mol. The van der Waals surface area contributed by atoms with E-state index in [1.807, 2.05) is 48.5 Å². The molecule has 1 aromatic heterocycles. The van der Waals surface area contributed by atoms with E-state index in [0.29, 0.717) is 16.5 Å². The van der Waals surface area contributed by atoms with Crippen LogP contribution < -0.4 is 11.1 Å². The minimum atomic E-state index is -0.196. The first kappa shape index (κ1) is 13.3. The summed E-state index contributed by atoms with van der Waals surface area (Å²) in [7, 11) is 0. The molecule has 0 bridgehead atoms. The van der Waals surface area contributed by atoms with Crippen molar-refractivity contribution in [3.63, 3.8) is 0 Å². The van der Waals surface area contributed by atoms with E-state index in [1.165, 1.54) is 11.3 Å². The summed E-state index contributed by atoms with van der Waals surface area (Å²) >= 11 is 1.36. The first-order valence-corrected chi connectivity index (χ1v) is 7.24. The molecule has 1 amide bonds. The molecule has 104 valence electrons. The van der Waals surface area contributed by atoms with Gasteiger partial charge >= 0.3 is 0 Å². The Balaban J connectivity index is 1.92. The molecule has 0 saturated carbocycles. The molecule has 21 heavy (non-hydrogen) atoms. The standard InChI is InChI=1S/C16H13N3OS/c17-16-19-14(13(21-16)11-7-3-1-4-8-11)18-15(20)12-9-5-2-6-10-12/h1-10H,(H2,17,19)(H,18,20). The molecule has 3 N–H and O–H groups in total. The summed E-state index contributed by atoms with van der Waals surface area (Å²) in [6.07, 6.45) is 0. The average Bonchev–Trinajstić information content (AvgIpc) is 2.89. The summed E-state index contributed by atoms with van der Waals surface area (Å²) in [6.45, 7) is 0. The van der Waals surface area contributed by atoms with Gasteiger partial charge in [0.25, 0.3) is 5.91 Å². The smallest absolute Gasteiger partial charge is 0.256 e. The van der Waals surface area contributed by atoms with Gasteiger partial charge in [0.1, 0.15) is 0 Å². The number of carbonyl (C=O) groups is 1. The minimum absolute atomic E-state index is 0.196. The molecule has 3 rings (SSSR count). The number of benzene rings is 2. The van der Waals surface area contributed by atoms with Gasteiger partial charge in [-0.2, -0.15) is 0 Å². The van der Waals surface area contributed by atoms with Gasteiger partial charge in [-0.3, -0.25) is 4.79 Å². The highest BCUT2D eigenvalue weighted by Gasteiger charge is 2.15. The SMILES string of the molecule is Nc1nc(NC(=O)c2ccccc2)c(-c2ccccc2)s1. The van der Waals surface area contributed by atoms with E-state index in [2.05, 4.69) is 10.3 Å². The van der Waals surface area contributed by atoms with Gasteiger partial charge in [-0.05, 0) is 17.7 Å². The Bertz CT molecular complexity index is 754. The molecule has 0 aliphatic heterocycles. The summed E-state index contributed by atoms with van der Waals surface area (Å²) < 4.78 is 0. The molecular formula is C16H13N3OS. The van der Waals surface area contributed by atoms with E-state index >= 15 is 0 Å². The van der Waals surface area contributed by atoms with Gasteiger partial charge in [0.15, 0.2) is 10.9 Å². The van der Waals surface area contributed by atoms with E-state index in [0.717, 1.165) is 10.4 Å². The van der Waals surface area contributed by atoms with Crippen LogP contribution in [-0.4, -0.2) is 10.9 Å². The van der Waals surface area contributed by atoms with Gasteiger partial charge in [0.05, 0.1) is 4.88 Å². The summed E-state index contributed by atoms with van der Waals surface area (Å²) in [5.41, 5.74) is 7.35. The van der Waals surface area contributed by atoms with Crippen LogP contribution in [0.1, 0.15) is 10.4 Å². The third-order valence-electron chi connectivity index (χ3n) is 2.95. The number of nitrogens with zero attached hydrogens (tertiary/aromatic N) is 1. The summed E-state index contributed by atoms with van der Waals surface area (Å²) in [5, 5.41) is 3.25. The third-order valence-corrected chi connectivity index (χ3v) is 3.88. The van der Waals surface area contributed by atoms with E-state index in [-0.39, 0.29) is 5.91 Å². The second-order valence-electron chi connectivity index (χ2n) is 4.42. The van der Waals surface area contributed by atoms with Gasteiger partial charge in [-0.25, -0.2) is 4.98 Å². The number of hydrogen-bond donors (Lipinski definition) is 2. The number of nitrogens with one attached hydrogen (secondary N) is 1. The van der Waals surface area contributed by atoms with Gasteiger partial charge in [-0.15, -0.1) is 0 Å². The quantitative estimate of drug-likeness (QED) is 0.775. The summed E-state index contributed by atoms with van der Waals surface area (Å²) in [5.74, 6) is 0.302. The van der Waals surface area contributed by atoms with Crippen LogP contribution in [0.2, 0.25) is 0 Å². The Morgan fingerprint density at radius 2 is 1.62 bits per heavy atom. The lowest BCUT2D eigenvalue weighted by atomic mass is 10.2. The number of aromatic nitrogens is 1. The lowest BCUT2D eigenvalue weighted by Crippen LogP contribution is -2.12. The van der Waals surface area contributed by atoms with Crippen molar-refractivity contribution in [3.8, 4) is 10.4 Å². The van der Waals surface area contributed by atoms with Crippen LogP contribution in [0.15, 0.2) is 60.7 Å². The molecule has 0 saturated heterocycles. The number of amides is 1. The zero-order valence-corrected chi connectivity index (χ0v) is 11.9. The highest BCUT2D eigenvalue weighted by molar-refractivity contribution is 7.19. The zero-order chi connectivity index (χ0) is 14.7. The topological polar surface area (TPSA) is 68.0 Å². The second-order valence-corrected chi connectivity index (χ2v) is 5.45. The Kier molecular flexibility index (Phi) is 3.66. The van der Waals surface area contributed by atoms with Gasteiger partial charge < -0.3 is 11.1 Å². The summed E-state index contributed by atoms with van der Waals surface area (Å²) in [4.78, 5) is 17.3. The van der Waals surface area contributed by atoms with Crippen molar-refractivity contribution in [1.82, 2.24) is 4.98 Å². The molecule has 0 fully saturated rings. The van der Waals surface area contributed by atoms with Crippen molar-refractivity contribution in [1.29, 1.82) is 0 Å². The zero-order valence-electron chi connectivity index (χ0n) is 11.1. The fraction of sp³-hybridized carbons (Fsp3) is 0. The van der Waals surface area contributed by atoms with Crippen molar-refractivity contribution in [2.75, 3.05) is 11.1 Å². The van der Waals surface area contributed by atoms with E-state index in [4.69, 9.17) is 5.73 Å². The molecule has 2 aromatic carbocycles. The maximum absolute atomic E-state index is 12.2. The molecule has 0 aliphatic rings. The average molecular weight is 295 g/mol. The molecule has 0 radical (unpaired) electrons. The van der Waals surface area contributed by atoms with Crippen LogP contribution in [0.3, 0.4) is 0 Å². The molecule has 1 heterocycles. The maximum atomic E-state index is 12.2. The number of hydrogen-bond acceptors (Lipinski definition) is 4. The molecule has 3 aromatic rings. The van der Waals surface area contributed by atoms with Gasteiger partial charge in [0.2, 0.25) is 0 Å². The Morgan fingerprint density at radius 3 is 2.29 bits per heavy atom. The van der Waals surface area contributed by atoms with Crippen LogP contribution in [0.4, 0.5) is 10.9 Å². The first-order chi connectivity index (χ1) is 10.2. The molecule has 0 atom stereocenters. The number of nitrogen functional groups attached to an aromatic ring is 1. The van der Waals surface area contributed by atoms with Crippen molar-refractivity contribution in [2.45, 2.75) is 0 Å². The van der Waals surface area contributed by atoms with Crippen LogP contribution >= 0.6 is 11.3 Å². The molecule has 4 nitrogen and oxygen atoms in total. The van der Waals surface area contributed by atoms with Crippen molar-refractivity contribution in [3.05, 3.63) is 66.2 Å². The molecule has 0 spiro atoms. The Hall–Kier alpha value is -2.66. The van der Waals surface area contributed by atoms with Crippen LogP contribution in [0, 0.1) is 0 Å². The monoisotopic (exact) mass is 295 g/mol. The van der Waals surface area contributed by atoms with Crippen LogP contribution in [0.25, 0.3) is 10.4 Å². The minimum Gasteiger partial charge on any atom is -0.375 e. The predicted octanol–water partition coefficient (Wildman–Crippen LogP) is 3.64. The summed E-state index contributed by atoms with van der Waals surface area (Å²) in [6, 6.07) is 18.8. The Morgan fingerprint density at radius 1 is 1.00 bits per heavy atom. The molecule has 5 heteroatoms. The first-order valence-electron chi connectivity index (χ1n) is 6.42. The molecular weight excluding hydrogens is 282 g/mol. The van der Waals surface area contributed by atoms with Crippen molar-refractivity contribution < 1.29 is 4.79 Å². The number of rotatable bonds is 3. The van der Waals surface area contributed by atoms with E-state index in [9.17, 15) is 4.79 Å². The number of carbonyl (C=O) groups excluding carboxylic acids is 1. The van der Waals surface area contributed by atoms with E-state index in [1.54, 1.807) is 12.1 Å². The normalized spacial score (nSPS) is 10.3. The highest BCUT2D eigenvalue weighted by atomic mass is 32.1. The lowest BCUT2D eigenvalue weighted by Gasteiger charge is -2.05. The van der Waals surface area contributed by atoms with Crippen LogP contribution in [0.5, 0.6) is 0 Å². The Labute approximate surface area is 126 Å². The second kappa shape index (κ2) is 5.76. The van der Waals surface area contributed by atoms with Crippen LogP contribution in [-0.2, 0) is 0 Å². The van der Waals surface area contributed by atoms with Gasteiger partial charge in [0, 0.05) is 5.56 Å². The third kappa shape index (κ3) is 2.93. The lowest BCUT2D eigenvalue weighted by molar-refractivity contribution is 0.102.